The van der Waals surface area contributed by atoms with E-state index in [1.807, 2.05) is 53.6 Å². The average Bonchev–Trinajstić information content (AvgIpc) is 2.92. The standard InChI is InChI=1S/C20H21N3OS2/c1-15-19(24)23(17-5-3-2-4-6-17)20(25)22(15)18-9-7-16(8-10-18)21-11-13-26-14-12-21/h2-10,24H,11-14H2,1H3. The van der Waals surface area contributed by atoms with Crippen LogP contribution < -0.4 is 4.90 Å². The monoisotopic (exact) mass is 383 g/mol. The van der Waals surface area contributed by atoms with Gasteiger partial charge in [0.25, 0.3) is 0 Å². The quantitative estimate of drug-likeness (QED) is 0.672. The molecular weight excluding hydrogens is 362 g/mol. The molecule has 1 fully saturated rings. The molecule has 6 heteroatoms. The van der Waals surface area contributed by atoms with Crippen LogP contribution in [0.4, 0.5) is 5.69 Å². The van der Waals surface area contributed by atoms with E-state index < -0.39 is 0 Å². The summed E-state index contributed by atoms with van der Waals surface area (Å²) >= 11 is 7.68. The Morgan fingerprint density at radius 1 is 0.846 bits per heavy atom. The first-order chi connectivity index (χ1) is 12.7. The van der Waals surface area contributed by atoms with Crippen LogP contribution in [0.25, 0.3) is 11.4 Å². The molecule has 0 radical (unpaired) electrons. The molecule has 1 saturated heterocycles. The van der Waals surface area contributed by atoms with Gasteiger partial charge in [0.15, 0.2) is 4.77 Å². The van der Waals surface area contributed by atoms with Crippen molar-refractivity contribution in [3.05, 3.63) is 65.1 Å². The number of benzene rings is 2. The molecule has 0 aliphatic carbocycles. The van der Waals surface area contributed by atoms with Gasteiger partial charge in [-0.2, -0.15) is 11.8 Å². The molecule has 0 bridgehead atoms. The highest BCUT2D eigenvalue weighted by molar-refractivity contribution is 7.99. The second kappa shape index (κ2) is 7.21. The zero-order valence-corrected chi connectivity index (χ0v) is 16.3. The number of imidazole rings is 1. The Balaban J connectivity index is 1.73. The summed E-state index contributed by atoms with van der Waals surface area (Å²) < 4.78 is 4.20. The Bertz CT molecular complexity index is 955. The molecule has 2 heterocycles. The van der Waals surface area contributed by atoms with E-state index >= 15 is 0 Å². The van der Waals surface area contributed by atoms with E-state index in [4.69, 9.17) is 12.2 Å². The summed E-state index contributed by atoms with van der Waals surface area (Å²) in [7, 11) is 0. The molecule has 26 heavy (non-hydrogen) atoms. The highest BCUT2D eigenvalue weighted by atomic mass is 32.2. The van der Waals surface area contributed by atoms with Gasteiger partial charge in [-0.25, -0.2) is 0 Å². The molecule has 0 atom stereocenters. The number of hydrogen-bond donors (Lipinski definition) is 1. The fourth-order valence-electron chi connectivity index (χ4n) is 3.34. The summed E-state index contributed by atoms with van der Waals surface area (Å²) in [6, 6.07) is 18.2. The molecule has 0 saturated carbocycles. The average molecular weight is 384 g/mol. The fraction of sp³-hybridized carbons (Fsp3) is 0.250. The molecule has 4 nitrogen and oxygen atoms in total. The van der Waals surface area contributed by atoms with Crippen LogP contribution in [0, 0.1) is 11.7 Å². The summed E-state index contributed by atoms with van der Waals surface area (Å²) in [4.78, 5) is 2.42. The number of aromatic hydroxyl groups is 1. The first-order valence-electron chi connectivity index (χ1n) is 8.68. The van der Waals surface area contributed by atoms with Gasteiger partial charge in [0.05, 0.1) is 11.4 Å². The molecule has 0 amide bonds. The third-order valence-electron chi connectivity index (χ3n) is 4.75. The van der Waals surface area contributed by atoms with E-state index in [0.717, 1.165) is 30.2 Å². The summed E-state index contributed by atoms with van der Waals surface area (Å²) in [5.74, 6) is 2.54. The lowest BCUT2D eigenvalue weighted by molar-refractivity contribution is 0.437. The minimum Gasteiger partial charge on any atom is -0.493 e. The third kappa shape index (κ3) is 3.04. The van der Waals surface area contributed by atoms with Gasteiger partial charge in [-0.3, -0.25) is 9.13 Å². The van der Waals surface area contributed by atoms with Crippen LogP contribution >= 0.6 is 24.0 Å². The molecule has 2 aromatic carbocycles. The van der Waals surface area contributed by atoms with Crippen LogP contribution in [0.15, 0.2) is 54.6 Å². The SMILES string of the molecule is Cc1c(O)n(-c2ccccc2)c(=S)n1-c1ccc(N2CCSCC2)cc1. The first-order valence-corrected chi connectivity index (χ1v) is 10.2. The van der Waals surface area contributed by atoms with Gasteiger partial charge in [0.1, 0.15) is 0 Å². The van der Waals surface area contributed by atoms with Crippen LogP contribution in [0.3, 0.4) is 0 Å². The maximum Gasteiger partial charge on any atom is 0.218 e. The minimum atomic E-state index is 0.179. The zero-order chi connectivity index (χ0) is 18.1. The zero-order valence-electron chi connectivity index (χ0n) is 14.6. The normalized spacial score (nSPS) is 14.6. The van der Waals surface area contributed by atoms with Gasteiger partial charge < -0.3 is 10.0 Å². The molecule has 134 valence electrons. The van der Waals surface area contributed by atoms with Gasteiger partial charge in [-0.15, -0.1) is 0 Å². The lowest BCUT2D eigenvalue weighted by atomic mass is 10.2. The Morgan fingerprint density at radius 3 is 2.08 bits per heavy atom. The number of thioether (sulfide) groups is 1. The van der Waals surface area contributed by atoms with Gasteiger partial charge in [-0.05, 0) is 55.5 Å². The van der Waals surface area contributed by atoms with E-state index in [1.165, 1.54) is 17.2 Å². The van der Waals surface area contributed by atoms with Crippen LogP contribution in [-0.4, -0.2) is 38.8 Å². The van der Waals surface area contributed by atoms with Crippen LogP contribution in [0.1, 0.15) is 5.69 Å². The van der Waals surface area contributed by atoms with Gasteiger partial charge >= 0.3 is 0 Å². The van der Waals surface area contributed by atoms with Crippen molar-refractivity contribution in [1.29, 1.82) is 0 Å². The second-order valence-electron chi connectivity index (χ2n) is 6.31. The summed E-state index contributed by atoms with van der Waals surface area (Å²) in [5.41, 5.74) is 3.80. The number of rotatable bonds is 3. The molecule has 4 rings (SSSR count). The van der Waals surface area contributed by atoms with Crippen LogP contribution in [0.5, 0.6) is 5.88 Å². The number of hydrogen-bond acceptors (Lipinski definition) is 4. The van der Waals surface area contributed by atoms with Crippen molar-refractivity contribution in [1.82, 2.24) is 9.13 Å². The van der Waals surface area contributed by atoms with Gasteiger partial charge in [0, 0.05) is 36.0 Å². The summed E-state index contributed by atoms with van der Waals surface area (Å²) in [6.45, 7) is 4.07. The number of aromatic nitrogens is 2. The van der Waals surface area contributed by atoms with Gasteiger partial charge in [-0.1, -0.05) is 18.2 Å². The second-order valence-corrected chi connectivity index (χ2v) is 7.90. The molecule has 3 aromatic rings. The topological polar surface area (TPSA) is 33.3 Å². The minimum absolute atomic E-state index is 0.179. The number of nitrogens with zero attached hydrogens (tertiary/aromatic N) is 3. The Labute approximate surface area is 162 Å². The Kier molecular flexibility index (Phi) is 4.78. The van der Waals surface area contributed by atoms with E-state index in [0.29, 0.717) is 4.77 Å². The molecule has 0 spiro atoms. The molecule has 1 aliphatic rings. The van der Waals surface area contributed by atoms with Crippen LogP contribution in [-0.2, 0) is 0 Å². The van der Waals surface area contributed by atoms with Crippen molar-refractivity contribution in [2.75, 3.05) is 29.5 Å². The maximum absolute atomic E-state index is 10.6. The van der Waals surface area contributed by atoms with Crippen molar-refractivity contribution in [3.63, 3.8) is 0 Å². The van der Waals surface area contributed by atoms with Crippen molar-refractivity contribution in [3.8, 4) is 17.3 Å². The number of anilines is 1. The highest BCUT2D eigenvalue weighted by Gasteiger charge is 2.17. The highest BCUT2D eigenvalue weighted by Crippen LogP contribution is 2.29. The molecule has 1 N–H and O–H groups in total. The van der Waals surface area contributed by atoms with Crippen molar-refractivity contribution < 1.29 is 5.11 Å². The lowest BCUT2D eigenvalue weighted by Crippen LogP contribution is -2.32. The predicted octanol–water partition coefficient (Wildman–Crippen LogP) is 4.56. The Morgan fingerprint density at radius 2 is 1.42 bits per heavy atom. The van der Waals surface area contributed by atoms with Crippen molar-refractivity contribution >= 4 is 29.7 Å². The number of para-hydroxylation sites is 1. The van der Waals surface area contributed by atoms with Crippen LogP contribution in [0.2, 0.25) is 0 Å². The Hall–Kier alpha value is -2.18. The van der Waals surface area contributed by atoms with E-state index in [9.17, 15) is 5.11 Å². The summed E-state index contributed by atoms with van der Waals surface area (Å²) in [6.07, 6.45) is 0. The van der Waals surface area contributed by atoms with E-state index in [-0.39, 0.29) is 5.88 Å². The van der Waals surface area contributed by atoms with Crippen molar-refractivity contribution in [2.45, 2.75) is 6.92 Å². The smallest absolute Gasteiger partial charge is 0.218 e. The van der Waals surface area contributed by atoms with E-state index in [2.05, 4.69) is 29.2 Å². The largest absolute Gasteiger partial charge is 0.493 e. The third-order valence-corrected chi connectivity index (χ3v) is 6.06. The summed E-state index contributed by atoms with van der Waals surface area (Å²) in [5, 5.41) is 10.6. The predicted molar refractivity (Wildman–Crippen MR) is 112 cm³/mol. The molecule has 0 unspecified atom stereocenters. The first kappa shape index (κ1) is 17.2. The van der Waals surface area contributed by atoms with E-state index in [1.54, 1.807) is 4.57 Å². The maximum atomic E-state index is 10.6. The fourth-order valence-corrected chi connectivity index (χ4v) is 4.68. The molecule has 1 aromatic heterocycles. The molecule has 1 aliphatic heterocycles. The molecular formula is C20H21N3OS2. The van der Waals surface area contributed by atoms with Crippen molar-refractivity contribution in [2.24, 2.45) is 0 Å². The van der Waals surface area contributed by atoms with Gasteiger partial charge in [0.2, 0.25) is 5.88 Å². The lowest BCUT2D eigenvalue weighted by Gasteiger charge is -2.28.